The van der Waals surface area contributed by atoms with E-state index in [0.29, 0.717) is 43.6 Å². The highest BCUT2D eigenvalue weighted by molar-refractivity contribution is 6.05. The van der Waals surface area contributed by atoms with Gasteiger partial charge in [0.05, 0.1) is 13.2 Å². The Balaban J connectivity index is 2.33. The molecule has 1 heterocycles. The van der Waals surface area contributed by atoms with Crippen molar-refractivity contribution < 1.29 is 14.3 Å². The van der Waals surface area contributed by atoms with Crippen LogP contribution in [0.5, 0.6) is 11.5 Å². The zero-order valence-corrected chi connectivity index (χ0v) is 20.7. The minimum atomic E-state index is -0.691. The normalized spacial score (nSPS) is 11.2. The first kappa shape index (κ1) is 26.8. The predicted octanol–water partition coefficient (Wildman–Crippen LogP) is 3.42. The van der Waals surface area contributed by atoms with E-state index in [1.54, 1.807) is 25.1 Å². The van der Waals surface area contributed by atoms with E-state index in [9.17, 15) is 14.4 Å². The molecule has 9 heteroatoms. The highest BCUT2D eigenvalue weighted by Crippen LogP contribution is 2.29. The van der Waals surface area contributed by atoms with Crippen LogP contribution in [0.3, 0.4) is 0 Å². The Labute approximate surface area is 200 Å². The largest absolute Gasteiger partial charge is 0.490 e. The van der Waals surface area contributed by atoms with Gasteiger partial charge in [0, 0.05) is 19.2 Å². The third-order valence-electron chi connectivity index (χ3n) is 5.06. The zero-order valence-electron chi connectivity index (χ0n) is 20.7. The second-order valence-corrected chi connectivity index (χ2v) is 8.26. The van der Waals surface area contributed by atoms with Crippen molar-refractivity contribution in [3.05, 3.63) is 50.7 Å². The summed E-state index contributed by atoms with van der Waals surface area (Å²) in [4.78, 5) is 41.3. The molecule has 9 nitrogen and oxygen atoms in total. The lowest BCUT2D eigenvalue weighted by atomic mass is 10.1. The maximum absolute atomic E-state index is 13.0. The van der Waals surface area contributed by atoms with Crippen molar-refractivity contribution in [3.8, 4) is 11.5 Å². The number of nitrogens with zero attached hydrogens (tertiary/aromatic N) is 2. The number of H-pyrrole nitrogens is 1. The molecule has 0 unspecified atom stereocenters. The second kappa shape index (κ2) is 12.7. The fourth-order valence-electron chi connectivity index (χ4n) is 3.33. The molecule has 34 heavy (non-hydrogen) atoms. The van der Waals surface area contributed by atoms with Gasteiger partial charge in [0.25, 0.3) is 11.5 Å². The number of hydrogen-bond donors (Lipinski definition) is 2. The Kier molecular flexibility index (Phi) is 9.97. The van der Waals surface area contributed by atoms with Crippen molar-refractivity contribution in [2.75, 3.05) is 30.4 Å². The van der Waals surface area contributed by atoms with Crippen LogP contribution in [-0.2, 0) is 11.3 Å². The minimum Gasteiger partial charge on any atom is -0.490 e. The molecular weight excluding hydrogens is 436 g/mol. The second-order valence-electron chi connectivity index (χ2n) is 8.26. The number of amides is 1. The van der Waals surface area contributed by atoms with Crippen LogP contribution in [0, 0.1) is 5.92 Å². The summed E-state index contributed by atoms with van der Waals surface area (Å²) in [7, 11) is 0. The van der Waals surface area contributed by atoms with Crippen LogP contribution in [0.4, 0.5) is 11.5 Å². The standard InChI is InChI=1S/C25H36N4O5/c1-6-9-14-29-23(26)22(24(31)27-25(29)32)28(7-2)21(30)13-11-18-10-12-19(34-16-17(4)5)20(15-18)33-8-3/h10-13,15,17H,6-9,14,16,26H2,1-5H3,(H,27,31,32)/b13-11+. The number of nitrogens with two attached hydrogens (primary N) is 1. The van der Waals surface area contributed by atoms with E-state index >= 15 is 0 Å². The van der Waals surface area contributed by atoms with Crippen LogP contribution >= 0.6 is 0 Å². The molecule has 0 spiro atoms. The maximum Gasteiger partial charge on any atom is 0.330 e. The van der Waals surface area contributed by atoms with Gasteiger partial charge in [0.1, 0.15) is 5.82 Å². The number of anilines is 2. The van der Waals surface area contributed by atoms with Crippen molar-refractivity contribution in [1.29, 1.82) is 0 Å². The molecule has 2 rings (SSSR count). The van der Waals surface area contributed by atoms with E-state index in [4.69, 9.17) is 15.2 Å². The number of unbranched alkanes of at least 4 members (excludes halogenated alkanes) is 1. The van der Waals surface area contributed by atoms with Crippen LogP contribution in [0.1, 0.15) is 53.0 Å². The molecule has 2 aromatic rings. The zero-order chi connectivity index (χ0) is 25.3. The number of ether oxygens (including phenoxy) is 2. The van der Waals surface area contributed by atoms with Crippen molar-refractivity contribution >= 4 is 23.5 Å². The molecule has 0 bridgehead atoms. The van der Waals surface area contributed by atoms with Crippen molar-refractivity contribution in [2.24, 2.45) is 5.92 Å². The fraction of sp³-hybridized carbons (Fsp3) is 0.480. The van der Waals surface area contributed by atoms with Crippen molar-refractivity contribution in [1.82, 2.24) is 9.55 Å². The van der Waals surface area contributed by atoms with Gasteiger partial charge in [-0.3, -0.25) is 19.1 Å². The molecule has 0 aliphatic rings. The lowest BCUT2D eigenvalue weighted by Crippen LogP contribution is -2.40. The minimum absolute atomic E-state index is 0.0175. The molecule has 0 fully saturated rings. The van der Waals surface area contributed by atoms with Crippen LogP contribution in [0.15, 0.2) is 33.9 Å². The summed E-state index contributed by atoms with van der Waals surface area (Å²) in [6, 6.07) is 5.43. The third kappa shape index (κ3) is 6.76. The Morgan fingerprint density at radius 3 is 2.53 bits per heavy atom. The summed E-state index contributed by atoms with van der Waals surface area (Å²) in [5.74, 6) is 1.16. The van der Waals surface area contributed by atoms with Gasteiger partial charge in [-0.2, -0.15) is 0 Å². The van der Waals surface area contributed by atoms with E-state index in [2.05, 4.69) is 18.8 Å². The summed E-state index contributed by atoms with van der Waals surface area (Å²) < 4.78 is 12.8. The Hall–Kier alpha value is -3.49. The number of rotatable bonds is 12. The van der Waals surface area contributed by atoms with E-state index in [1.807, 2.05) is 19.9 Å². The number of carbonyl (C=O) groups is 1. The molecule has 0 aliphatic heterocycles. The first-order valence-electron chi connectivity index (χ1n) is 11.7. The molecule has 3 N–H and O–H groups in total. The molecule has 186 valence electrons. The molecule has 1 aromatic carbocycles. The van der Waals surface area contributed by atoms with Crippen LogP contribution in [-0.4, -0.2) is 35.2 Å². The number of nitrogen functional groups attached to an aromatic ring is 1. The van der Waals surface area contributed by atoms with E-state index in [1.165, 1.54) is 15.5 Å². The summed E-state index contributed by atoms with van der Waals surface area (Å²) in [5.41, 5.74) is 5.60. The average Bonchev–Trinajstić information content (AvgIpc) is 2.79. The van der Waals surface area contributed by atoms with E-state index in [-0.39, 0.29) is 18.1 Å². The van der Waals surface area contributed by atoms with Gasteiger partial charge in [0.15, 0.2) is 17.2 Å². The summed E-state index contributed by atoms with van der Waals surface area (Å²) in [6.07, 6.45) is 4.57. The van der Waals surface area contributed by atoms with Crippen LogP contribution in [0.25, 0.3) is 6.08 Å². The van der Waals surface area contributed by atoms with Gasteiger partial charge < -0.3 is 20.1 Å². The van der Waals surface area contributed by atoms with Crippen molar-refractivity contribution in [2.45, 2.75) is 54.0 Å². The number of nitrogens with one attached hydrogen (secondary N) is 1. The van der Waals surface area contributed by atoms with Gasteiger partial charge in [-0.05, 0) is 50.0 Å². The van der Waals surface area contributed by atoms with E-state index < -0.39 is 17.2 Å². The lowest BCUT2D eigenvalue weighted by molar-refractivity contribution is -0.114. The first-order valence-corrected chi connectivity index (χ1v) is 11.7. The molecule has 1 aromatic heterocycles. The highest BCUT2D eigenvalue weighted by atomic mass is 16.5. The topological polar surface area (TPSA) is 120 Å². The summed E-state index contributed by atoms with van der Waals surface area (Å²) in [6.45, 7) is 11.3. The summed E-state index contributed by atoms with van der Waals surface area (Å²) >= 11 is 0. The van der Waals surface area contributed by atoms with Gasteiger partial charge >= 0.3 is 5.69 Å². The van der Waals surface area contributed by atoms with Gasteiger partial charge in [-0.25, -0.2) is 4.79 Å². The predicted molar refractivity (Wildman–Crippen MR) is 136 cm³/mol. The maximum atomic E-state index is 13.0. The van der Waals surface area contributed by atoms with Gasteiger partial charge in [-0.1, -0.05) is 33.3 Å². The highest BCUT2D eigenvalue weighted by Gasteiger charge is 2.21. The van der Waals surface area contributed by atoms with Crippen LogP contribution in [0.2, 0.25) is 0 Å². The molecule has 1 amide bonds. The smallest absolute Gasteiger partial charge is 0.330 e. The molecule has 0 saturated carbocycles. The Morgan fingerprint density at radius 2 is 1.91 bits per heavy atom. The Bertz CT molecular complexity index is 1120. The monoisotopic (exact) mass is 472 g/mol. The van der Waals surface area contributed by atoms with Gasteiger partial charge in [0.2, 0.25) is 0 Å². The third-order valence-corrected chi connectivity index (χ3v) is 5.06. The molecular formula is C25H36N4O5. The summed E-state index contributed by atoms with van der Waals surface area (Å²) in [5, 5.41) is 0. The number of likely N-dealkylation sites (N-methyl/N-ethyl adjacent to an activating group) is 1. The fourth-order valence-corrected chi connectivity index (χ4v) is 3.33. The Morgan fingerprint density at radius 1 is 1.18 bits per heavy atom. The first-order chi connectivity index (χ1) is 16.2. The molecule has 0 aliphatic carbocycles. The lowest BCUT2D eigenvalue weighted by Gasteiger charge is -2.22. The van der Waals surface area contributed by atoms with E-state index in [0.717, 1.165) is 12.0 Å². The number of carbonyl (C=O) groups excluding carboxylic acids is 1. The number of aromatic nitrogens is 2. The van der Waals surface area contributed by atoms with Crippen molar-refractivity contribution in [3.63, 3.8) is 0 Å². The number of benzene rings is 1. The molecule has 0 saturated heterocycles. The number of hydrogen-bond acceptors (Lipinski definition) is 6. The van der Waals surface area contributed by atoms with Crippen LogP contribution < -0.4 is 31.4 Å². The molecule has 0 atom stereocenters. The quantitative estimate of drug-likeness (QED) is 0.457. The average molecular weight is 473 g/mol. The number of aromatic amines is 1. The SMILES string of the molecule is CCCCn1c(N)c(N(CC)C(=O)/C=C/c2ccc(OCC(C)C)c(OCC)c2)c(=O)[nH]c1=O. The van der Waals surface area contributed by atoms with Gasteiger partial charge in [-0.15, -0.1) is 0 Å². The molecule has 0 radical (unpaired) electrons.